The molecule has 1 aromatic rings. The lowest BCUT2D eigenvalue weighted by molar-refractivity contribution is -0.129. The monoisotopic (exact) mass is 263 g/mol. The summed E-state index contributed by atoms with van der Waals surface area (Å²) < 4.78 is 5.28. The normalized spacial score (nSPS) is 18.2. The number of ether oxygens (including phenoxy) is 1. The van der Waals surface area contributed by atoms with Crippen molar-refractivity contribution in [1.29, 1.82) is 0 Å². The molecule has 0 bridgehead atoms. The highest BCUT2D eigenvalue weighted by Gasteiger charge is 2.22. The van der Waals surface area contributed by atoms with Crippen molar-refractivity contribution in [3.63, 3.8) is 0 Å². The van der Waals surface area contributed by atoms with E-state index in [1.807, 2.05) is 6.07 Å². The molecule has 5 heteroatoms. The lowest BCUT2D eigenvalue weighted by Gasteiger charge is -2.10. The van der Waals surface area contributed by atoms with E-state index < -0.39 is 5.97 Å². The number of amides is 1. The van der Waals surface area contributed by atoms with E-state index >= 15 is 0 Å². The smallest absolute Gasteiger partial charge is 0.335 e. The predicted molar refractivity (Wildman–Crippen MR) is 69.1 cm³/mol. The molecule has 2 rings (SSSR count). The molecule has 1 aliphatic heterocycles. The highest BCUT2D eigenvalue weighted by molar-refractivity contribution is 5.87. The number of benzene rings is 1. The number of hydrogen-bond donors (Lipinski definition) is 2. The largest absolute Gasteiger partial charge is 0.478 e. The Hall–Kier alpha value is -1.88. The van der Waals surface area contributed by atoms with Crippen molar-refractivity contribution in [3.05, 3.63) is 35.4 Å². The van der Waals surface area contributed by atoms with Crippen LogP contribution in [0.1, 0.15) is 28.8 Å². The van der Waals surface area contributed by atoms with Gasteiger partial charge in [0.2, 0.25) is 5.91 Å². The van der Waals surface area contributed by atoms with Crippen LogP contribution in [0.5, 0.6) is 0 Å². The molecule has 0 aliphatic carbocycles. The van der Waals surface area contributed by atoms with Crippen LogP contribution in [0.15, 0.2) is 24.3 Å². The van der Waals surface area contributed by atoms with Crippen LogP contribution in [0.3, 0.4) is 0 Å². The maximum absolute atomic E-state index is 11.7. The second kappa shape index (κ2) is 6.33. The topological polar surface area (TPSA) is 75.6 Å². The van der Waals surface area contributed by atoms with Gasteiger partial charge in [-0.25, -0.2) is 4.79 Å². The van der Waals surface area contributed by atoms with Crippen molar-refractivity contribution in [1.82, 2.24) is 5.32 Å². The molecule has 1 aromatic carbocycles. The fraction of sp³-hybridized carbons (Fsp3) is 0.429. The predicted octanol–water partition coefficient (Wildman–Crippen LogP) is 1.22. The summed E-state index contributed by atoms with van der Waals surface area (Å²) in [5.41, 5.74) is 1.16. The average molecular weight is 263 g/mol. The van der Waals surface area contributed by atoms with Crippen LogP contribution in [-0.2, 0) is 16.0 Å². The second-order valence-corrected chi connectivity index (χ2v) is 4.55. The first-order valence-corrected chi connectivity index (χ1v) is 6.38. The van der Waals surface area contributed by atoms with E-state index in [-0.39, 0.29) is 17.6 Å². The number of nitrogens with one attached hydrogen (secondary N) is 1. The minimum absolute atomic E-state index is 0.0770. The SMILES string of the molecule is O=C(O)c1cccc(CCNC(=O)[C@H]2CCCO2)c1. The summed E-state index contributed by atoms with van der Waals surface area (Å²) >= 11 is 0. The van der Waals surface area contributed by atoms with Crippen LogP contribution in [-0.4, -0.2) is 36.2 Å². The van der Waals surface area contributed by atoms with Gasteiger partial charge < -0.3 is 15.2 Å². The van der Waals surface area contributed by atoms with Crippen molar-refractivity contribution < 1.29 is 19.4 Å². The van der Waals surface area contributed by atoms with E-state index in [0.717, 1.165) is 18.4 Å². The Balaban J connectivity index is 1.80. The number of carbonyl (C=O) groups excluding carboxylic acids is 1. The van der Waals surface area contributed by atoms with Gasteiger partial charge in [-0.1, -0.05) is 12.1 Å². The van der Waals surface area contributed by atoms with Gasteiger partial charge in [-0.3, -0.25) is 4.79 Å². The first-order chi connectivity index (χ1) is 9.16. The molecule has 1 amide bonds. The van der Waals surface area contributed by atoms with Crippen LogP contribution in [0.4, 0.5) is 0 Å². The van der Waals surface area contributed by atoms with Gasteiger partial charge in [-0.05, 0) is 37.0 Å². The van der Waals surface area contributed by atoms with Crippen LogP contribution in [0, 0.1) is 0 Å². The third kappa shape index (κ3) is 3.79. The summed E-state index contributed by atoms with van der Waals surface area (Å²) in [5.74, 6) is -1.02. The molecule has 102 valence electrons. The molecule has 0 saturated carbocycles. The van der Waals surface area contributed by atoms with Crippen molar-refractivity contribution in [2.45, 2.75) is 25.4 Å². The van der Waals surface area contributed by atoms with E-state index in [2.05, 4.69) is 5.32 Å². The quantitative estimate of drug-likeness (QED) is 0.837. The summed E-state index contributed by atoms with van der Waals surface area (Å²) in [4.78, 5) is 22.5. The molecule has 1 fully saturated rings. The van der Waals surface area contributed by atoms with Gasteiger partial charge >= 0.3 is 5.97 Å². The Morgan fingerprint density at radius 3 is 2.95 bits per heavy atom. The Morgan fingerprint density at radius 1 is 1.42 bits per heavy atom. The number of carboxylic acid groups (broad SMARTS) is 1. The Morgan fingerprint density at radius 2 is 2.26 bits per heavy atom. The molecular weight excluding hydrogens is 246 g/mol. The van der Waals surface area contributed by atoms with E-state index in [0.29, 0.717) is 19.6 Å². The summed E-state index contributed by atoms with van der Waals surface area (Å²) in [6.07, 6.45) is 2.00. The van der Waals surface area contributed by atoms with Crippen LogP contribution < -0.4 is 5.32 Å². The zero-order chi connectivity index (χ0) is 13.7. The lowest BCUT2D eigenvalue weighted by Crippen LogP contribution is -2.35. The highest BCUT2D eigenvalue weighted by Crippen LogP contribution is 2.11. The number of carboxylic acids is 1. The fourth-order valence-corrected chi connectivity index (χ4v) is 2.09. The maximum Gasteiger partial charge on any atom is 0.335 e. The Bertz CT molecular complexity index is 466. The standard InChI is InChI=1S/C14H17NO4/c16-13(12-5-2-8-19-12)15-7-6-10-3-1-4-11(9-10)14(17)18/h1,3-4,9,12H,2,5-8H2,(H,15,16)(H,17,18)/t12-/m1/s1. The van der Waals surface area contributed by atoms with Gasteiger partial charge in [0.05, 0.1) is 5.56 Å². The molecule has 19 heavy (non-hydrogen) atoms. The average Bonchev–Trinajstić information content (AvgIpc) is 2.93. The second-order valence-electron chi connectivity index (χ2n) is 4.55. The first kappa shape index (κ1) is 13.5. The molecule has 0 unspecified atom stereocenters. The molecule has 2 N–H and O–H groups in total. The molecule has 1 heterocycles. The zero-order valence-corrected chi connectivity index (χ0v) is 10.6. The zero-order valence-electron chi connectivity index (χ0n) is 10.6. The third-order valence-corrected chi connectivity index (χ3v) is 3.11. The van der Waals surface area contributed by atoms with Gasteiger partial charge in [-0.15, -0.1) is 0 Å². The number of carbonyl (C=O) groups is 2. The van der Waals surface area contributed by atoms with Crippen molar-refractivity contribution in [3.8, 4) is 0 Å². The van der Waals surface area contributed by atoms with Crippen LogP contribution in [0.2, 0.25) is 0 Å². The van der Waals surface area contributed by atoms with Crippen LogP contribution >= 0.6 is 0 Å². The molecule has 1 aliphatic rings. The fourth-order valence-electron chi connectivity index (χ4n) is 2.09. The molecule has 5 nitrogen and oxygen atoms in total. The molecule has 0 aromatic heterocycles. The van der Waals surface area contributed by atoms with Crippen molar-refractivity contribution in [2.24, 2.45) is 0 Å². The number of hydrogen-bond acceptors (Lipinski definition) is 3. The van der Waals surface area contributed by atoms with Gasteiger partial charge in [0.25, 0.3) is 0 Å². The van der Waals surface area contributed by atoms with Gasteiger partial charge in [0, 0.05) is 13.2 Å². The summed E-state index contributed by atoms with van der Waals surface area (Å²) in [6, 6.07) is 6.74. The molecule has 0 spiro atoms. The third-order valence-electron chi connectivity index (χ3n) is 3.11. The van der Waals surface area contributed by atoms with Gasteiger partial charge in [-0.2, -0.15) is 0 Å². The first-order valence-electron chi connectivity index (χ1n) is 6.38. The molecule has 1 saturated heterocycles. The lowest BCUT2D eigenvalue weighted by atomic mass is 10.1. The highest BCUT2D eigenvalue weighted by atomic mass is 16.5. The van der Waals surface area contributed by atoms with Crippen LogP contribution in [0.25, 0.3) is 0 Å². The Labute approximate surface area is 111 Å². The van der Waals surface area contributed by atoms with Crippen molar-refractivity contribution in [2.75, 3.05) is 13.2 Å². The van der Waals surface area contributed by atoms with E-state index in [1.165, 1.54) is 0 Å². The van der Waals surface area contributed by atoms with E-state index in [1.54, 1.807) is 18.2 Å². The maximum atomic E-state index is 11.7. The van der Waals surface area contributed by atoms with Gasteiger partial charge in [0.15, 0.2) is 0 Å². The number of rotatable bonds is 5. The summed E-state index contributed by atoms with van der Waals surface area (Å²) in [7, 11) is 0. The minimum Gasteiger partial charge on any atom is -0.478 e. The Kier molecular flexibility index (Phi) is 4.52. The summed E-state index contributed by atoms with van der Waals surface area (Å²) in [6.45, 7) is 1.14. The van der Waals surface area contributed by atoms with Crippen molar-refractivity contribution >= 4 is 11.9 Å². The molecule has 0 radical (unpaired) electrons. The molecular formula is C14H17NO4. The summed E-state index contributed by atoms with van der Waals surface area (Å²) in [5, 5.41) is 11.7. The number of aromatic carboxylic acids is 1. The van der Waals surface area contributed by atoms with E-state index in [9.17, 15) is 9.59 Å². The van der Waals surface area contributed by atoms with Gasteiger partial charge in [0.1, 0.15) is 6.10 Å². The molecule has 1 atom stereocenters. The minimum atomic E-state index is -0.940. The van der Waals surface area contributed by atoms with E-state index in [4.69, 9.17) is 9.84 Å².